The summed E-state index contributed by atoms with van der Waals surface area (Å²) >= 11 is 0. The van der Waals surface area contributed by atoms with Crippen molar-refractivity contribution in [3.63, 3.8) is 0 Å². The van der Waals surface area contributed by atoms with E-state index in [1.807, 2.05) is 19.2 Å². The molecule has 0 aliphatic carbocycles. The van der Waals surface area contributed by atoms with Crippen molar-refractivity contribution in [1.29, 1.82) is 0 Å². The monoisotopic (exact) mass is 461 g/mol. The molecule has 7 heteroatoms. The number of hydrogen-bond acceptors (Lipinski definition) is 5. The number of halogens is 1. The lowest BCUT2D eigenvalue weighted by molar-refractivity contribution is 0.0953. The molecule has 6 nitrogen and oxygen atoms in total. The Bertz CT molecular complexity index is 1100. The number of carbonyl (C=O) groups is 1. The van der Waals surface area contributed by atoms with E-state index < -0.39 is 0 Å². The van der Waals surface area contributed by atoms with Gasteiger partial charge >= 0.3 is 0 Å². The zero-order valence-electron chi connectivity index (χ0n) is 20.1. The number of allylic oxidation sites excluding steroid dienone is 2. The lowest BCUT2D eigenvalue weighted by Crippen LogP contribution is -2.49. The number of pyridine rings is 1. The average molecular weight is 462 g/mol. The van der Waals surface area contributed by atoms with E-state index in [1.165, 1.54) is 12.1 Å². The first kappa shape index (κ1) is 25.1. The quantitative estimate of drug-likeness (QED) is 0.376. The molecule has 1 atom stereocenters. The van der Waals surface area contributed by atoms with Gasteiger partial charge in [0.2, 0.25) is 0 Å². The molecule has 1 aliphatic rings. The van der Waals surface area contributed by atoms with Gasteiger partial charge in [-0.3, -0.25) is 9.79 Å². The number of piperazine rings is 1. The van der Waals surface area contributed by atoms with Crippen molar-refractivity contribution in [2.24, 2.45) is 4.99 Å². The van der Waals surface area contributed by atoms with Crippen molar-refractivity contribution in [3.8, 4) is 11.8 Å². The Morgan fingerprint density at radius 1 is 1.35 bits per heavy atom. The molecule has 1 saturated heterocycles. The van der Waals surface area contributed by atoms with E-state index in [4.69, 9.17) is 0 Å². The molecule has 178 valence electrons. The molecule has 0 saturated carbocycles. The van der Waals surface area contributed by atoms with E-state index in [2.05, 4.69) is 44.3 Å². The van der Waals surface area contributed by atoms with Crippen LogP contribution in [0.2, 0.25) is 0 Å². The van der Waals surface area contributed by atoms with Crippen molar-refractivity contribution in [2.75, 3.05) is 38.1 Å². The number of carbonyl (C=O) groups excluding carboxylic acids is 1. The molecule has 0 radical (unpaired) electrons. The summed E-state index contributed by atoms with van der Waals surface area (Å²) in [4.78, 5) is 23.6. The van der Waals surface area contributed by atoms with Crippen molar-refractivity contribution >= 4 is 17.9 Å². The van der Waals surface area contributed by atoms with Crippen molar-refractivity contribution < 1.29 is 9.18 Å². The van der Waals surface area contributed by atoms with E-state index in [-0.39, 0.29) is 11.7 Å². The average Bonchev–Trinajstić information content (AvgIpc) is 2.85. The fraction of sp³-hybridized carbons (Fsp3) is 0.370. The second kappa shape index (κ2) is 12.7. The fourth-order valence-corrected chi connectivity index (χ4v) is 3.77. The number of nitrogens with one attached hydrogen (secondary N) is 2. The lowest BCUT2D eigenvalue weighted by Gasteiger charge is -2.33. The Hall–Kier alpha value is -3.50. The second-order valence-corrected chi connectivity index (χ2v) is 8.26. The molecule has 1 aliphatic heterocycles. The van der Waals surface area contributed by atoms with Gasteiger partial charge in [0.05, 0.1) is 11.1 Å². The second-order valence-electron chi connectivity index (χ2n) is 8.26. The van der Waals surface area contributed by atoms with E-state index in [1.54, 1.807) is 31.4 Å². The van der Waals surface area contributed by atoms with Gasteiger partial charge in [-0.25, -0.2) is 9.37 Å². The first-order valence-corrected chi connectivity index (χ1v) is 11.6. The summed E-state index contributed by atoms with van der Waals surface area (Å²) < 4.78 is 13.2. The maximum atomic E-state index is 13.2. The summed E-state index contributed by atoms with van der Waals surface area (Å²) in [6.45, 7) is 7.13. The number of rotatable bonds is 7. The van der Waals surface area contributed by atoms with Crippen molar-refractivity contribution in [3.05, 3.63) is 70.7 Å². The predicted molar refractivity (Wildman–Crippen MR) is 136 cm³/mol. The van der Waals surface area contributed by atoms with Crippen molar-refractivity contribution in [2.45, 2.75) is 32.7 Å². The van der Waals surface area contributed by atoms with E-state index in [9.17, 15) is 9.18 Å². The normalized spacial score (nSPS) is 16.3. The van der Waals surface area contributed by atoms with Gasteiger partial charge in [0.1, 0.15) is 11.6 Å². The summed E-state index contributed by atoms with van der Waals surface area (Å²) in [6.07, 6.45) is 7.15. The number of aliphatic imine (C=N–C) groups is 1. The Balaban J connectivity index is 1.77. The third-order valence-electron chi connectivity index (χ3n) is 5.58. The Labute approximate surface area is 201 Å². The standard InChI is InChI=1S/C27H32FN5O/c1-4-21(17-29-3)6-5-13-31-27(34)24-16-23(10-7-22-8-11-25(28)12-9-22)26(32-18-24)33-15-14-30-20(2)19-33/h4,8-9,11-12,16-18,20,30H,5-6,13-15,19H2,1-3H3,(H,31,34)/b21-4-,29-17?. The molecular formula is C27H32FN5O. The largest absolute Gasteiger partial charge is 0.353 e. The Morgan fingerprint density at radius 2 is 2.15 bits per heavy atom. The number of nitrogens with zero attached hydrogens (tertiary/aromatic N) is 3. The van der Waals surface area contributed by atoms with Gasteiger partial charge in [0, 0.05) is 57.2 Å². The summed E-state index contributed by atoms with van der Waals surface area (Å²) in [5.74, 6) is 6.52. The number of hydrogen-bond donors (Lipinski definition) is 2. The summed E-state index contributed by atoms with van der Waals surface area (Å²) in [5, 5.41) is 6.40. The highest BCUT2D eigenvalue weighted by molar-refractivity contribution is 5.94. The van der Waals surface area contributed by atoms with Gasteiger partial charge in [0.25, 0.3) is 5.91 Å². The minimum Gasteiger partial charge on any atom is -0.353 e. The third kappa shape index (κ3) is 7.26. The van der Waals surface area contributed by atoms with Crippen LogP contribution in [0.15, 0.2) is 53.2 Å². The minimum atomic E-state index is -0.301. The fourth-order valence-electron chi connectivity index (χ4n) is 3.77. The predicted octanol–water partition coefficient (Wildman–Crippen LogP) is 3.58. The first-order valence-electron chi connectivity index (χ1n) is 11.6. The van der Waals surface area contributed by atoms with Crippen LogP contribution in [0.25, 0.3) is 0 Å². The minimum absolute atomic E-state index is 0.177. The lowest BCUT2D eigenvalue weighted by atomic mass is 10.1. The van der Waals surface area contributed by atoms with Gasteiger partial charge in [-0.05, 0) is 62.6 Å². The van der Waals surface area contributed by atoms with Crippen LogP contribution in [0.4, 0.5) is 10.2 Å². The molecule has 1 fully saturated rings. The number of aromatic nitrogens is 1. The van der Waals surface area contributed by atoms with Crippen LogP contribution in [-0.4, -0.2) is 56.4 Å². The van der Waals surface area contributed by atoms with E-state index in [0.29, 0.717) is 29.3 Å². The van der Waals surface area contributed by atoms with E-state index >= 15 is 0 Å². The van der Waals surface area contributed by atoms with Gasteiger partial charge in [-0.15, -0.1) is 0 Å². The highest BCUT2D eigenvalue weighted by atomic mass is 19.1. The maximum absolute atomic E-state index is 13.2. The maximum Gasteiger partial charge on any atom is 0.252 e. The summed E-state index contributed by atoms with van der Waals surface area (Å²) in [6, 6.07) is 8.17. The summed E-state index contributed by atoms with van der Waals surface area (Å²) in [5.41, 5.74) is 3.00. The van der Waals surface area contributed by atoms with E-state index in [0.717, 1.165) is 43.9 Å². The van der Waals surface area contributed by atoms with Crippen LogP contribution in [-0.2, 0) is 0 Å². The molecule has 2 aromatic rings. The SMILES string of the molecule is C/C=C(\C=NC)CCCNC(=O)c1cnc(N2CCNC(C)C2)c(C#Cc2ccc(F)cc2)c1. The summed E-state index contributed by atoms with van der Waals surface area (Å²) in [7, 11) is 1.75. The smallest absolute Gasteiger partial charge is 0.252 e. The molecule has 0 bridgehead atoms. The van der Waals surface area contributed by atoms with Gasteiger partial charge in [-0.2, -0.15) is 0 Å². The molecule has 34 heavy (non-hydrogen) atoms. The van der Waals surface area contributed by atoms with Crippen molar-refractivity contribution in [1.82, 2.24) is 15.6 Å². The Kier molecular flexibility index (Phi) is 9.36. The molecule has 1 aromatic carbocycles. The van der Waals surface area contributed by atoms with Gasteiger partial charge in [0.15, 0.2) is 0 Å². The van der Waals surface area contributed by atoms with Gasteiger partial charge in [-0.1, -0.05) is 17.9 Å². The van der Waals surface area contributed by atoms with Gasteiger partial charge < -0.3 is 15.5 Å². The molecule has 1 aromatic heterocycles. The highest BCUT2D eigenvalue weighted by Gasteiger charge is 2.20. The van der Waals surface area contributed by atoms with Crippen LogP contribution < -0.4 is 15.5 Å². The zero-order chi connectivity index (χ0) is 24.3. The van der Waals surface area contributed by atoms with Crippen LogP contribution in [0.5, 0.6) is 0 Å². The number of amides is 1. The molecule has 2 heterocycles. The molecular weight excluding hydrogens is 429 g/mol. The highest BCUT2D eigenvalue weighted by Crippen LogP contribution is 2.20. The van der Waals surface area contributed by atoms with Crippen LogP contribution in [0.1, 0.15) is 48.2 Å². The first-order chi connectivity index (χ1) is 16.5. The molecule has 0 spiro atoms. The third-order valence-corrected chi connectivity index (χ3v) is 5.58. The van der Waals surface area contributed by atoms with Crippen LogP contribution in [0, 0.1) is 17.7 Å². The molecule has 3 rings (SSSR count). The number of anilines is 1. The molecule has 1 amide bonds. The molecule has 1 unspecified atom stereocenters. The number of benzene rings is 1. The Morgan fingerprint density at radius 3 is 2.85 bits per heavy atom. The topological polar surface area (TPSA) is 69.6 Å². The zero-order valence-corrected chi connectivity index (χ0v) is 20.1. The van der Waals surface area contributed by atoms with Crippen LogP contribution >= 0.6 is 0 Å². The van der Waals surface area contributed by atoms with Crippen LogP contribution in [0.3, 0.4) is 0 Å². The molecule has 2 N–H and O–H groups in total.